The Bertz CT molecular complexity index is 1100. The summed E-state index contributed by atoms with van der Waals surface area (Å²) in [5.74, 6) is 0.993. The summed E-state index contributed by atoms with van der Waals surface area (Å²) < 4.78 is 1.87. The monoisotopic (exact) mass is 422 g/mol. The minimum absolute atomic E-state index is 0.0439. The smallest absolute Gasteiger partial charge is 0.230 e. The third kappa shape index (κ3) is 4.78. The Morgan fingerprint density at radius 3 is 2.48 bits per heavy atom. The summed E-state index contributed by atoms with van der Waals surface area (Å²) in [6, 6.07) is 23.6. The lowest BCUT2D eigenvalue weighted by Crippen LogP contribution is -2.26. The van der Waals surface area contributed by atoms with Gasteiger partial charge in [-0.25, -0.2) is 0 Å². The standard InChI is InChI=1S/C22H19ClN4OS/c23-18-11-9-17(10-12-18)22(16-6-2-1-3-7-16)29-15-21(28)24-14-20-26-25-19-8-4-5-13-27(19)20/h1-13,22H,14-15H2,(H,24,28)/t22-/m1/s1. The summed E-state index contributed by atoms with van der Waals surface area (Å²) in [5, 5.41) is 11.9. The number of carbonyl (C=O) groups is 1. The molecule has 0 aliphatic heterocycles. The molecular weight excluding hydrogens is 404 g/mol. The van der Waals surface area contributed by atoms with E-state index in [-0.39, 0.29) is 11.2 Å². The molecule has 0 unspecified atom stereocenters. The van der Waals surface area contributed by atoms with E-state index in [9.17, 15) is 4.79 Å². The number of carbonyl (C=O) groups excluding carboxylic acids is 1. The fourth-order valence-corrected chi connectivity index (χ4v) is 4.29. The third-order valence-electron chi connectivity index (χ3n) is 4.48. The van der Waals surface area contributed by atoms with Crippen LogP contribution in [0.25, 0.3) is 5.65 Å². The average Bonchev–Trinajstić information content (AvgIpc) is 3.17. The maximum absolute atomic E-state index is 12.5. The normalized spacial score (nSPS) is 12.0. The van der Waals surface area contributed by atoms with Crippen molar-refractivity contribution in [1.82, 2.24) is 19.9 Å². The van der Waals surface area contributed by atoms with Gasteiger partial charge in [-0.2, -0.15) is 0 Å². The van der Waals surface area contributed by atoms with Crippen LogP contribution in [0, 0.1) is 0 Å². The molecule has 2 aromatic heterocycles. The molecule has 29 heavy (non-hydrogen) atoms. The number of hydrogen-bond donors (Lipinski definition) is 1. The summed E-state index contributed by atoms with van der Waals surface area (Å²) in [7, 11) is 0. The average molecular weight is 423 g/mol. The van der Waals surface area contributed by atoms with Crippen LogP contribution in [0.4, 0.5) is 0 Å². The van der Waals surface area contributed by atoms with Crippen molar-refractivity contribution < 1.29 is 4.79 Å². The topological polar surface area (TPSA) is 59.3 Å². The van der Waals surface area contributed by atoms with E-state index in [4.69, 9.17) is 11.6 Å². The van der Waals surface area contributed by atoms with Crippen molar-refractivity contribution in [2.75, 3.05) is 5.75 Å². The number of hydrogen-bond acceptors (Lipinski definition) is 4. The lowest BCUT2D eigenvalue weighted by molar-refractivity contribution is -0.118. The maximum atomic E-state index is 12.5. The summed E-state index contributed by atoms with van der Waals surface area (Å²) in [6.07, 6.45) is 1.89. The Morgan fingerprint density at radius 1 is 0.966 bits per heavy atom. The lowest BCUT2D eigenvalue weighted by Gasteiger charge is -2.17. The lowest BCUT2D eigenvalue weighted by atomic mass is 10.0. The number of halogens is 1. The first-order chi connectivity index (χ1) is 14.2. The predicted molar refractivity (Wildman–Crippen MR) is 117 cm³/mol. The number of nitrogens with one attached hydrogen (secondary N) is 1. The Balaban J connectivity index is 1.41. The van der Waals surface area contributed by atoms with Crippen molar-refractivity contribution in [3.05, 3.63) is 101 Å². The van der Waals surface area contributed by atoms with Crippen LogP contribution in [-0.2, 0) is 11.3 Å². The van der Waals surface area contributed by atoms with Crippen LogP contribution in [-0.4, -0.2) is 26.3 Å². The molecule has 1 amide bonds. The van der Waals surface area contributed by atoms with Gasteiger partial charge in [0, 0.05) is 11.2 Å². The van der Waals surface area contributed by atoms with Crippen molar-refractivity contribution >= 4 is 34.9 Å². The Hall–Kier alpha value is -2.83. The number of thioether (sulfide) groups is 1. The Morgan fingerprint density at radius 2 is 1.69 bits per heavy atom. The molecule has 0 saturated carbocycles. The fourth-order valence-electron chi connectivity index (χ4n) is 3.05. The van der Waals surface area contributed by atoms with Crippen molar-refractivity contribution in [2.45, 2.75) is 11.8 Å². The van der Waals surface area contributed by atoms with Gasteiger partial charge < -0.3 is 5.32 Å². The zero-order chi connectivity index (χ0) is 20.1. The fraction of sp³-hybridized carbons (Fsp3) is 0.136. The minimum atomic E-state index is -0.0439. The molecule has 4 rings (SSSR count). The minimum Gasteiger partial charge on any atom is -0.348 e. The van der Waals surface area contributed by atoms with E-state index in [0.29, 0.717) is 23.1 Å². The van der Waals surface area contributed by atoms with E-state index in [0.717, 1.165) is 16.8 Å². The van der Waals surface area contributed by atoms with E-state index in [1.54, 1.807) is 11.8 Å². The van der Waals surface area contributed by atoms with Crippen molar-refractivity contribution in [3.63, 3.8) is 0 Å². The van der Waals surface area contributed by atoms with E-state index in [2.05, 4.69) is 27.6 Å². The van der Waals surface area contributed by atoms with Crippen molar-refractivity contribution in [3.8, 4) is 0 Å². The molecule has 0 fully saturated rings. The summed E-state index contributed by atoms with van der Waals surface area (Å²) >= 11 is 7.62. The van der Waals surface area contributed by atoms with Crippen LogP contribution in [0.1, 0.15) is 22.2 Å². The van der Waals surface area contributed by atoms with Crippen LogP contribution >= 0.6 is 23.4 Å². The first-order valence-electron chi connectivity index (χ1n) is 9.18. The molecule has 146 valence electrons. The second-order valence-electron chi connectivity index (χ2n) is 6.48. The highest BCUT2D eigenvalue weighted by atomic mass is 35.5. The van der Waals surface area contributed by atoms with Gasteiger partial charge in [0.2, 0.25) is 5.91 Å². The molecule has 2 heterocycles. The number of amides is 1. The molecule has 0 saturated heterocycles. The van der Waals surface area contributed by atoms with Gasteiger partial charge in [-0.15, -0.1) is 22.0 Å². The second kappa shape index (κ2) is 9.11. The van der Waals surface area contributed by atoms with Gasteiger partial charge >= 0.3 is 0 Å². The number of aromatic nitrogens is 3. The number of benzene rings is 2. The largest absolute Gasteiger partial charge is 0.348 e. The third-order valence-corrected chi connectivity index (χ3v) is 6.04. The van der Waals surface area contributed by atoms with Gasteiger partial charge in [0.15, 0.2) is 11.5 Å². The van der Waals surface area contributed by atoms with Gasteiger partial charge in [0.05, 0.1) is 17.5 Å². The molecule has 5 nitrogen and oxygen atoms in total. The molecule has 4 aromatic rings. The molecule has 2 aromatic carbocycles. The van der Waals surface area contributed by atoms with Gasteiger partial charge in [0.25, 0.3) is 0 Å². The van der Waals surface area contributed by atoms with E-state index < -0.39 is 0 Å². The van der Waals surface area contributed by atoms with Crippen LogP contribution in [0.15, 0.2) is 79.0 Å². The SMILES string of the molecule is O=C(CS[C@H](c1ccccc1)c1ccc(Cl)cc1)NCc1nnc2ccccn12. The first kappa shape index (κ1) is 19.5. The van der Waals surface area contributed by atoms with Gasteiger partial charge in [0.1, 0.15) is 0 Å². The molecule has 7 heteroatoms. The summed E-state index contributed by atoms with van der Waals surface area (Å²) in [5.41, 5.74) is 3.02. The maximum Gasteiger partial charge on any atom is 0.230 e. The van der Waals surface area contributed by atoms with Crippen molar-refractivity contribution in [1.29, 1.82) is 0 Å². The predicted octanol–water partition coefficient (Wildman–Crippen LogP) is 4.52. The first-order valence-corrected chi connectivity index (χ1v) is 10.6. The summed E-state index contributed by atoms with van der Waals surface area (Å²) in [4.78, 5) is 12.5. The molecule has 0 aliphatic rings. The van der Waals surface area contributed by atoms with Gasteiger partial charge in [-0.3, -0.25) is 9.20 Å². The highest BCUT2D eigenvalue weighted by Gasteiger charge is 2.17. The number of fused-ring (bicyclic) bond motifs is 1. The van der Waals surface area contributed by atoms with E-state index >= 15 is 0 Å². The molecule has 0 spiro atoms. The molecule has 0 bridgehead atoms. The number of rotatable bonds is 7. The van der Waals surface area contributed by atoms with Crippen LogP contribution in [0.5, 0.6) is 0 Å². The quantitative estimate of drug-likeness (QED) is 0.475. The van der Waals surface area contributed by atoms with Crippen LogP contribution in [0.2, 0.25) is 5.02 Å². The Kier molecular flexibility index (Phi) is 6.12. The van der Waals surface area contributed by atoms with E-state index in [1.807, 2.05) is 71.3 Å². The van der Waals surface area contributed by atoms with Crippen LogP contribution in [0.3, 0.4) is 0 Å². The second-order valence-corrected chi connectivity index (χ2v) is 8.00. The zero-order valence-electron chi connectivity index (χ0n) is 15.5. The molecule has 0 aliphatic carbocycles. The van der Waals surface area contributed by atoms with E-state index in [1.165, 1.54) is 0 Å². The van der Waals surface area contributed by atoms with Gasteiger partial charge in [-0.1, -0.05) is 60.1 Å². The molecular formula is C22H19ClN4OS. The highest BCUT2D eigenvalue weighted by Crippen LogP contribution is 2.35. The van der Waals surface area contributed by atoms with Crippen molar-refractivity contribution in [2.24, 2.45) is 0 Å². The zero-order valence-corrected chi connectivity index (χ0v) is 17.1. The molecule has 1 N–H and O–H groups in total. The summed E-state index contributed by atoms with van der Waals surface area (Å²) in [6.45, 7) is 0.335. The van der Waals surface area contributed by atoms with Gasteiger partial charge in [-0.05, 0) is 35.4 Å². The Labute approximate surface area is 178 Å². The molecule has 0 radical (unpaired) electrons. The highest BCUT2D eigenvalue weighted by molar-refractivity contribution is 8.00. The molecule has 1 atom stereocenters. The van der Waals surface area contributed by atoms with Crippen LogP contribution < -0.4 is 5.32 Å². The number of nitrogens with zero attached hydrogens (tertiary/aromatic N) is 3. The number of pyridine rings is 1.